The van der Waals surface area contributed by atoms with Crippen molar-refractivity contribution in [2.24, 2.45) is 5.92 Å². The van der Waals surface area contributed by atoms with Gasteiger partial charge in [-0.15, -0.1) is 21.0 Å². The van der Waals surface area contributed by atoms with E-state index < -0.39 is 0 Å². The van der Waals surface area contributed by atoms with Gasteiger partial charge >= 0.3 is 0 Å². The highest BCUT2D eigenvalue weighted by Gasteiger charge is 1.93. The molecule has 0 N–H and O–H groups in total. The lowest BCUT2D eigenvalue weighted by atomic mass is 10.2. The first-order valence-corrected chi connectivity index (χ1v) is 6.39. The Bertz CT molecular complexity index is 74.2. The van der Waals surface area contributed by atoms with Crippen LogP contribution in [0.3, 0.4) is 0 Å². The Labute approximate surface area is 86.1 Å². The maximum Gasteiger partial charge on any atom is -0.0351 e. The van der Waals surface area contributed by atoms with Gasteiger partial charge in [0.15, 0.2) is 0 Å². The van der Waals surface area contributed by atoms with Gasteiger partial charge in [0.1, 0.15) is 0 Å². The molecule has 0 aliphatic carbocycles. The summed E-state index contributed by atoms with van der Waals surface area (Å²) < 4.78 is 0. The summed E-state index contributed by atoms with van der Waals surface area (Å²) in [6.45, 7) is 6.91. The van der Waals surface area contributed by atoms with Crippen LogP contribution in [0.2, 0.25) is 0 Å². The minimum Gasteiger partial charge on any atom is -0.147 e. The fraction of sp³-hybridized carbons (Fsp3) is 1.00. The summed E-state index contributed by atoms with van der Waals surface area (Å²) in [4.78, 5) is 0. The first-order valence-electron chi connectivity index (χ1n) is 4.98. The molecular formula is C10H24ClP. The van der Waals surface area contributed by atoms with Crippen LogP contribution in [0.4, 0.5) is 0 Å². The Morgan fingerprint density at radius 2 is 1.75 bits per heavy atom. The van der Waals surface area contributed by atoms with E-state index in [1.54, 1.807) is 0 Å². The predicted octanol–water partition coefficient (Wildman–Crippen LogP) is 4.32. The standard InChI is InChI=1S/C10H23P.ClH/c1-4-5-6-8-11-9-7-10(2)3;/h10-11H,4-9H2,1-3H3;1H. The van der Waals surface area contributed by atoms with Gasteiger partial charge in [-0.05, 0) is 31.1 Å². The lowest BCUT2D eigenvalue weighted by Gasteiger charge is -2.03. The second-order valence-electron chi connectivity index (χ2n) is 3.64. The highest BCUT2D eigenvalue weighted by Crippen LogP contribution is 2.17. The molecule has 0 aliphatic heterocycles. The van der Waals surface area contributed by atoms with Crippen LogP contribution in [-0.4, -0.2) is 12.3 Å². The third-order valence-corrected chi connectivity index (χ3v) is 3.20. The van der Waals surface area contributed by atoms with E-state index in [9.17, 15) is 0 Å². The molecule has 0 amide bonds. The molecule has 0 aromatic heterocycles. The molecular weight excluding hydrogens is 187 g/mol. The van der Waals surface area contributed by atoms with Gasteiger partial charge in [0, 0.05) is 0 Å². The molecule has 12 heavy (non-hydrogen) atoms. The Kier molecular flexibility index (Phi) is 14.8. The molecule has 0 saturated heterocycles. The van der Waals surface area contributed by atoms with Gasteiger partial charge in [-0.3, -0.25) is 0 Å². The van der Waals surface area contributed by atoms with Crippen LogP contribution in [-0.2, 0) is 0 Å². The summed E-state index contributed by atoms with van der Waals surface area (Å²) in [5, 5.41) is 0. The largest absolute Gasteiger partial charge is 0.147 e. The lowest BCUT2D eigenvalue weighted by Crippen LogP contribution is -1.89. The zero-order chi connectivity index (χ0) is 8.53. The van der Waals surface area contributed by atoms with Crippen LogP contribution in [0.5, 0.6) is 0 Å². The van der Waals surface area contributed by atoms with E-state index in [1.165, 1.54) is 46.6 Å². The van der Waals surface area contributed by atoms with Crippen LogP contribution in [0.1, 0.15) is 46.5 Å². The molecule has 0 aliphatic rings. The third kappa shape index (κ3) is 13.3. The quantitative estimate of drug-likeness (QED) is 0.434. The van der Waals surface area contributed by atoms with Crippen molar-refractivity contribution in [1.82, 2.24) is 0 Å². The highest BCUT2D eigenvalue weighted by atomic mass is 35.5. The zero-order valence-corrected chi connectivity index (χ0v) is 10.5. The Morgan fingerprint density at radius 3 is 2.25 bits per heavy atom. The maximum absolute atomic E-state index is 2.32. The van der Waals surface area contributed by atoms with Crippen LogP contribution in [0.25, 0.3) is 0 Å². The van der Waals surface area contributed by atoms with Gasteiger partial charge in [-0.25, -0.2) is 0 Å². The molecule has 0 heterocycles. The second kappa shape index (κ2) is 11.7. The number of hydrogen-bond acceptors (Lipinski definition) is 0. The van der Waals surface area contributed by atoms with E-state index >= 15 is 0 Å². The average molecular weight is 211 g/mol. The van der Waals surface area contributed by atoms with Gasteiger partial charge in [0.25, 0.3) is 0 Å². The summed E-state index contributed by atoms with van der Waals surface area (Å²) in [5.74, 6) is 0.911. The molecule has 0 radical (unpaired) electrons. The fourth-order valence-corrected chi connectivity index (χ4v) is 2.55. The summed E-state index contributed by atoms with van der Waals surface area (Å²) in [7, 11) is 1.23. The monoisotopic (exact) mass is 210 g/mol. The minimum atomic E-state index is 0. The van der Waals surface area contributed by atoms with Crippen molar-refractivity contribution < 1.29 is 0 Å². The van der Waals surface area contributed by atoms with Crippen molar-refractivity contribution in [3.8, 4) is 0 Å². The third-order valence-electron chi connectivity index (χ3n) is 1.86. The molecule has 0 bridgehead atoms. The molecule has 0 aromatic carbocycles. The second-order valence-corrected chi connectivity index (χ2v) is 5.14. The van der Waals surface area contributed by atoms with Crippen LogP contribution in [0.15, 0.2) is 0 Å². The SMILES string of the molecule is CCCCCPCCC(C)C.Cl. The van der Waals surface area contributed by atoms with Crippen molar-refractivity contribution in [2.75, 3.05) is 12.3 Å². The van der Waals surface area contributed by atoms with Crippen molar-refractivity contribution in [3.05, 3.63) is 0 Å². The molecule has 0 saturated carbocycles. The van der Waals surface area contributed by atoms with Gasteiger partial charge in [0.2, 0.25) is 0 Å². The van der Waals surface area contributed by atoms with E-state index in [0.717, 1.165) is 5.92 Å². The number of halogens is 1. The zero-order valence-electron chi connectivity index (χ0n) is 8.73. The van der Waals surface area contributed by atoms with Crippen LogP contribution in [0, 0.1) is 5.92 Å². The molecule has 0 rings (SSSR count). The number of hydrogen-bond donors (Lipinski definition) is 0. The molecule has 0 spiro atoms. The van der Waals surface area contributed by atoms with Gasteiger partial charge in [-0.1, -0.05) is 33.6 Å². The Balaban J connectivity index is 0. The van der Waals surface area contributed by atoms with Gasteiger partial charge in [0.05, 0.1) is 0 Å². The number of rotatable bonds is 7. The van der Waals surface area contributed by atoms with Crippen molar-refractivity contribution in [1.29, 1.82) is 0 Å². The first-order chi connectivity index (χ1) is 5.27. The molecule has 0 nitrogen and oxygen atoms in total. The van der Waals surface area contributed by atoms with Crippen LogP contribution < -0.4 is 0 Å². The molecule has 2 heteroatoms. The summed E-state index contributed by atoms with van der Waals surface area (Å²) >= 11 is 0. The molecule has 76 valence electrons. The van der Waals surface area contributed by atoms with Crippen molar-refractivity contribution >= 4 is 21.0 Å². The minimum absolute atomic E-state index is 0. The molecule has 1 unspecified atom stereocenters. The van der Waals surface area contributed by atoms with Gasteiger partial charge < -0.3 is 0 Å². The molecule has 1 atom stereocenters. The Hall–Kier alpha value is 0.720. The van der Waals surface area contributed by atoms with Gasteiger partial charge in [-0.2, -0.15) is 0 Å². The average Bonchev–Trinajstić information content (AvgIpc) is 1.96. The van der Waals surface area contributed by atoms with E-state index in [1.807, 2.05) is 0 Å². The molecule has 0 fully saturated rings. The Morgan fingerprint density at radius 1 is 1.08 bits per heavy atom. The summed E-state index contributed by atoms with van der Waals surface area (Å²) in [6.07, 6.45) is 8.67. The van der Waals surface area contributed by atoms with Crippen LogP contribution >= 0.6 is 21.0 Å². The van der Waals surface area contributed by atoms with Crippen molar-refractivity contribution in [3.63, 3.8) is 0 Å². The summed E-state index contributed by atoms with van der Waals surface area (Å²) in [6, 6.07) is 0. The topological polar surface area (TPSA) is 0 Å². The van der Waals surface area contributed by atoms with E-state index in [2.05, 4.69) is 20.8 Å². The fourth-order valence-electron chi connectivity index (χ4n) is 1.02. The first kappa shape index (κ1) is 15.2. The maximum atomic E-state index is 2.32. The lowest BCUT2D eigenvalue weighted by molar-refractivity contribution is 0.630. The predicted molar refractivity (Wildman–Crippen MR) is 64.3 cm³/mol. The highest BCUT2D eigenvalue weighted by molar-refractivity contribution is 7.37. The summed E-state index contributed by atoms with van der Waals surface area (Å²) in [5.41, 5.74) is 0. The normalized spacial score (nSPS) is 11.0. The van der Waals surface area contributed by atoms with E-state index in [4.69, 9.17) is 0 Å². The smallest absolute Gasteiger partial charge is 0.0351 e. The number of unbranched alkanes of at least 4 members (excludes halogenated alkanes) is 2. The molecule has 0 aromatic rings. The van der Waals surface area contributed by atoms with E-state index in [-0.39, 0.29) is 12.4 Å². The van der Waals surface area contributed by atoms with E-state index in [0.29, 0.717) is 0 Å². The van der Waals surface area contributed by atoms with Crippen molar-refractivity contribution in [2.45, 2.75) is 46.5 Å².